The summed E-state index contributed by atoms with van der Waals surface area (Å²) in [7, 11) is 0. The van der Waals surface area contributed by atoms with Gasteiger partial charge in [-0.25, -0.2) is 8.78 Å². The summed E-state index contributed by atoms with van der Waals surface area (Å²) < 4.78 is 45.3. The smallest absolute Gasteiger partial charge is 0.307 e. The lowest BCUT2D eigenvalue weighted by Gasteiger charge is -2.19. The minimum Gasteiger partial charge on any atom is -0.491 e. The maximum absolute atomic E-state index is 14.7. The van der Waals surface area contributed by atoms with Gasteiger partial charge in [0.25, 0.3) is 11.8 Å². The molecule has 0 saturated heterocycles. The summed E-state index contributed by atoms with van der Waals surface area (Å²) in [5, 5.41) is 7.24. The third-order valence-corrected chi connectivity index (χ3v) is 5.55. The summed E-state index contributed by atoms with van der Waals surface area (Å²) in [4.78, 5) is 18.0. The molecule has 3 aromatic rings. The molecule has 198 valence electrons. The molecule has 1 aromatic heterocycles. The van der Waals surface area contributed by atoms with E-state index in [2.05, 4.69) is 21.5 Å². The fourth-order valence-corrected chi connectivity index (χ4v) is 4.11. The van der Waals surface area contributed by atoms with E-state index in [1.165, 1.54) is 0 Å². The highest BCUT2D eigenvalue weighted by Gasteiger charge is 2.27. The summed E-state index contributed by atoms with van der Waals surface area (Å²) in [6.45, 7) is 10.8. The Morgan fingerprint density at radius 1 is 1.19 bits per heavy atom. The van der Waals surface area contributed by atoms with Gasteiger partial charge in [0, 0.05) is 37.5 Å². The zero-order chi connectivity index (χ0) is 26.7. The molecule has 0 amide bonds. The van der Waals surface area contributed by atoms with Crippen molar-refractivity contribution in [2.45, 2.75) is 65.7 Å². The molecule has 0 bridgehead atoms. The number of nitrogens with one attached hydrogen (secondary N) is 1. The van der Waals surface area contributed by atoms with E-state index in [1.807, 2.05) is 37.8 Å². The highest BCUT2D eigenvalue weighted by atomic mass is 19.1. The summed E-state index contributed by atoms with van der Waals surface area (Å²) in [5.41, 5.74) is 2.21. The minimum atomic E-state index is -0.837. The van der Waals surface area contributed by atoms with Crippen LogP contribution in [0.4, 0.5) is 20.4 Å². The fourth-order valence-electron chi connectivity index (χ4n) is 4.11. The van der Waals surface area contributed by atoms with Crippen LogP contribution in [0.3, 0.4) is 0 Å². The van der Waals surface area contributed by atoms with Crippen LogP contribution in [-0.2, 0) is 22.5 Å². The Morgan fingerprint density at radius 3 is 2.59 bits per heavy atom. The van der Waals surface area contributed by atoms with Crippen molar-refractivity contribution in [3.8, 4) is 17.2 Å². The van der Waals surface area contributed by atoms with Gasteiger partial charge in [-0.05, 0) is 63.4 Å². The maximum atomic E-state index is 14.7. The van der Waals surface area contributed by atoms with Crippen molar-refractivity contribution in [1.82, 2.24) is 15.5 Å². The molecular weight excluding hydrogens is 482 g/mol. The summed E-state index contributed by atoms with van der Waals surface area (Å²) in [6.07, 6.45) is 0.836. The first-order chi connectivity index (χ1) is 17.5. The highest BCUT2D eigenvalue weighted by molar-refractivity contribution is 5.70. The Bertz CT molecular complexity index is 1250. The fraction of sp³-hybridized carbons (Fsp3) is 0.444. The molecule has 0 fully saturated rings. The van der Waals surface area contributed by atoms with Gasteiger partial charge in [0.1, 0.15) is 28.5 Å². The number of esters is 1. The molecule has 0 unspecified atom stereocenters. The van der Waals surface area contributed by atoms with Crippen molar-refractivity contribution >= 4 is 17.6 Å². The second-order valence-electron chi connectivity index (χ2n) is 10.2. The minimum absolute atomic E-state index is 0.0945. The number of nitrogens with zero attached hydrogens (tertiary/aromatic N) is 3. The van der Waals surface area contributed by atoms with Gasteiger partial charge in [-0.15, -0.1) is 0 Å². The molecule has 1 aliphatic rings. The number of halogens is 2. The largest absolute Gasteiger partial charge is 0.491 e. The van der Waals surface area contributed by atoms with E-state index in [0.717, 1.165) is 35.4 Å². The monoisotopic (exact) mass is 514 g/mol. The molecule has 0 radical (unpaired) electrons. The second kappa shape index (κ2) is 10.8. The van der Waals surface area contributed by atoms with Crippen molar-refractivity contribution in [3.05, 3.63) is 53.1 Å². The number of benzene rings is 2. The van der Waals surface area contributed by atoms with Gasteiger partial charge in [-0.3, -0.25) is 4.79 Å². The number of hydrogen-bond acceptors (Lipinski definition) is 8. The van der Waals surface area contributed by atoms with E-state index in [4.69, 9.17) is 14.0 Å². The van der Waals surface area contributed by atoms with Gasteiger partial charge in [0.05, 0.1) is 12.5 Å². The average Bonchev–Trinajstić information content (AvgIpc) is 3.41. The maximum Gasteiger partial charge on any atom is 0.307 e. The lowest BCUT2D eigenvalue weighted by Crippen LogP contribution is -2.26. The van der Waals surface area contributed by atoms with Crippen LogP contribution in [-0.4, -0.2) is 40.9 Å². The van der Waals surface area contributed by atoms with Crippen LogP contribution < -0.4 is 15.0 Å². The number of hydrogen-bond donors (Lipinski definition) is 1. The quantitative estimate of drug-likeness (QED) is 0.303. The Hall–Kier alpha value is -3.53. The van der Waals surface area contributed by atoms with E-state index >= 15 is 0 Å². The van der Waals surface area contributed by atoms with Crippen LogP contribution >= 0.6 is 0 Å². The van der Waals surface area contributed by atoms with Crippen LogP contribution in [0, 0.1) is 11.6 Å². The molecule has 0 saturated carbocycles. The SMILES string of the molecule is CC(C)Oc1cc(F)c(-c2nc(N3CCc4cc(CNCCC(=O)OC(C)(C)C)ccc43)no2)c(F)c1. The number of rotatable bonds is 9. The van der Waals surface area contributed by atoms with Crippen molar-refractivity contribution in [1.29, 1.82) is 0 Å². The van der Waals surface area contributed by atoms with Gasteiger partial charge in [0.2, 0.25) is 0 Å². The third-order valence-electron chi connectivity index (χ3n) is 5.55. The predicted octanol–water partition coefficient (Wildman–Crippen LogP) is 5.32. The molecule has 37 heavy (non-hydrogen) atoms. The first kappa shape index (κ1) is 26.5. The molecule has 4 rings (SSSR count). The third kappa shape index (κ3) is 6.62. The van der Waals surface area contributed by atoms with Gasteiger partial charge in [-0.1, -0.05) is 12.1 Å². The Kier molecular flexibility index (Phi) is 7.77. The van der Waals surface area contributed by atoms with Crippen LogP contribution in [0.5, 0.6) is 5.75 Å². The first-order valence-corrected chi connectivity index (χ1v) is 12.3. The molecular formula is C27H32F2N4O4. The standard InChI is InChI=1S/C27H32F2N4O4/c1-16(2)35-19-13-20(28)24(21(29)14-19)25-31-26(32-37-25)33-11-9-18-12-17(6-7-22(18)33)15-30-10-8-23(34)36-27(3,4)5/h6-7,12-14,16,30H,8-11,15H2,1-5H3. The number of carbonyl (C=O) groups is 1. The van der Waals surface area contributed by atoms with Gasteiger partial charge in [0.15, 0.2) is 0 Å². The molecule has 0 atom stereocenters. The Morgan fingerprint density at radius 2 is 1.92 bits per heavy atom. The first-order valence-electron chi connectivity index (χ1n) is 12.3. The van der Waals surface area contributed by atoms with Gasteiger partial charge < -0.3 is 24.2 Å². The molecule has 2 heterocycles. The van der Waals surface area contributed by atoms with Crippen LogP contribution in [0.15, 0.2) is 34.9 Å². The lowest BCUT2D eigenvalue weighted by atomic mass is 10.1. The molecule has 8 nitrogen and oxygen atoms in total. The molecule has 0 aliphatic carbocycles. The van der Waals surface area contributed by atoms with Crippen molar-refractivity contribution < 1.29 is 27.6 Å². The van der Waals surface area contributed by atoms with Crippen LogP contribution in [0.2, 0.25) is 0 Å². The zero-order valence-corrected chi connectivity index (χ0v) is 21.7. The number of aromatic nitrogens is 2. The molecule has 0 spiro atoms. The van der Waals surface area contributed by atoms with Crippen LogP contribution in [0.25, 0.3) is 11.5 Å². The second-order valence-corrected chi connectivity index (χ2v) is 10.2. The van der Waals surface area contributed by atoms with Crippen molar-refractivity contribution in [3.63, 3.8) is 0 Å². The number of anilines is 2. The lowest BCUT2D eigenvalue weighted by molar-refractivity contribution is -0.154. The van der Waals surface area contributed by atoms with E-state index in [0.29, 0.717) is 26.1 Å². The predicted molar refractivity (Wildman–Crippen MR) is 135 cm³/mol. The van der Waals surface area contributed by atoms with Gasteiger partial charge in [-0.2, -0.15) is 4.98 Å². The van der Waals surface area contributed by atoms with E-state index in [-0.39, 0.29) is 35.2 Å². The number of fused-ring (bicyclic) bond motifs is 1. The highest BCUT2D eigenvalue weighted by Crippen LogP contribution is 2.36. The van der Waals surface area contributed by atoms with Crippen molar-refractivity contribution in [2.75, 3.05) is 18.0 Å². The molecule has 1 aliphatic heterocycles. The van der Waals surface area contributed by atoms with E-state index < -0.39 is 17.2 Å². The molecule has 1 N–H and O–H groups in total. The van der Waals surface area contributed by atoms with Crippen LogP contribution in [0.1, 0.15) is 52.2 Å². The van der Waals surface area contributed by atoms with E-state index in [1.54, 1.807) is 13.8 Å². The Balaban J connectivity index is 1.40. The van der Waals surface area contributed by atoms with Gasteiger partial charge >= 0.3 is 5.97 Å². The zero-order valence-electron chi connectivity index (χ0n) is 21.7. The average molecular weight is 515 g/mol. The normalized spacial score (nSPS) is 13.2. The summed E-state index contributed by atoms with van der Waals surface area (Å²) in [5.74, 6) is -1.81. The molecule has 10 heteroatoms. The molecule has 2 aromatic carbocycles. The van der Waals surface area contributed by atoms with Crippen molar-refractivity contribution in [2.24, 2.45) is 0 Å². The Labute approximate surface area is 214 Å². The number of ether oxygens (including phenoxy) is 2. The topological polar surface area (TPSA) is 89.7 Å². The summed E-state index contributed by atoms with van der Waals surface area (Å²) >= 11 is 0. The number of carbonyl (C=O) groups excluding carboxylic acids is 1. The summed E-state index contributed by atoms with van der Waals surface area (Å²) in [6, 6.07) is 8.24. The van der Waals surface area contributed by atoms with E-state index in [9.17, 15) is 13.6 Å².